The molecular formula is C30H24F4N4O6S. The van der Waals surface area contributed by atoms with Crippen molar-refractivity contribution in [1.29, 1.82) is 0 Å². The average molecular weight is 645 g/mol. The van der Waals surface area contributed by atoms with Crippen molar-refractivity contribution in [3.8, 4) is 21.9 Å². The van der Waals surface area contributed by atoms with E-state index in [-0.39, 0.29) is 6.42 Å². The van der Waals surface area contributed by atoms with Crippen LogP contribution in [0.5, 0.6) is 5.75 Å². The van der Waals surface area contributed by atoms with E-state index in [2.05, 4.69) is 14.9 Å². The highest BCUT2D eigenvalue weighted by atomic mass is 32.1. The highest BCUT2D eigenvalue weighted by molar-refractivity contribution is 7.15. The van der Waals surface area contributed by atoms with Crippen molar-refractivity contribution in [2.75, 3.05) is 13.7 Å². The van der Waals surface area contributed by atoms with Gasteiger partial charge in [0.15, 0.2) is 24.0 Å². The molecule has 1 aliphatic heterocycles. The van der Waals surface area contributed by atoms with Crippen molar-refractivity contribution < 1.29 is 46.2 Å². The van der Waals surface area contributed by atoms with Crippen molar-refractivity contribution >= 4 is 35.0 Å². The Balaban J connectivity index is 1.42. The molecule has 1 atom stereocenters. The molecule has 0 spiro atoms. The maximum atomic E-state index is 14.8. The predicted molar refractivity (Wildman–Crippen MR) is 153 cm³/mol. The number of alkyl halides is 3. The summed E-state index contributed by atoms with van der Waals surface area (Å²) in [7, 11) is 1.30. The molecule has 10 nitrogen and oxygen atoms in total. The summed E-state index contributed by atoms with van der Waals surface area (Å²) in [5.41, 5.74) is 4.33. The molecule has 0 N–H and O–H groups in total. The predicted octanol–water partition coefficient (Wildman–Crippen LogP) is 5.53. The van der Waals surface area contributed by atoms with Crippen molar-refractivity contribution in [3.05, 3.63) is 81.5 Å². The third-order valence-electron chi connectivity index (χ3n) is 7.03. The molecule has 2 aromatic carbocycles. The summed E-state index contributed by atoms with van der Waals surface area (Å²) in [6.07, 6.45) is -5.40. The number of methoxy groups -OCH3 is 1. The Morgan fingerprint density at radius 1 is 0.956 bits per heavy atom. The van der Waals surface area contributed by atoms with E-state index in [9.17, 15) is 31.9 Å². The number of aliphatic imine (C=N–C) groups is 1. The third-order valence-corrected chi connectivity index (χ3v) is 8.23. The van der Waals surface area contributed by atoms with Gasteiger partial charge >= 0.3 is 24.1 Å². The van der Waals surface area contributed by atoms with Crippen LogP contribution in [0.25, 0.3) is 16.1 Å². The van der Waals surface area contributed by atoms with Gasteiger partial charge < -0.3 is 14.2 Å². The lowest BCUT2D eigenvalue weighted by molar-refractivity contribution is -0.202. The van der Waals surface area contributed by atoms with Crippen LogP contribution < -0.4 is 4.74 Å². The van der Waals surface area contributed by atoms with E-state index in [1.807, 2.05) is 37.5 Å². The number of benzene rings is 2. The summed E-state index contributed by atoms with van der Waals surface area (Å²) < 4.78 is 66.9. The number of hydrogen-bond acceptors (Lipinski definition) is 10. The molecule has 0 bridgehead atoms. The summed E-state index contributed by atoms with van der Waals surface area (Å²) in [4.78, 5) is 40.7. The summed E-state index contributed by atoms with van der Waals surface area (Å²) >= 11 is 1.57. The first kappa shape index (κ1) is 31.5. The minimum absolute atomic E-state index is 0.0484. The van der Waals surface area contributed by atoms with Gasteiger partial charge in [0.25, 0.3) is 0 Å². The van der Waals surface area contributed by atoms with Gasteiger partial charge in [-0.1, -0.05) is 30.3 Å². The number of hydrogen-bond donors (Lipinski definition) is 0. The number of thiophene rings is 1. The van der Waals surface area contributed by atoms with Gasteiger partial charge in [0, 0.05) is 16.0 Å². The Hall–Kier alpha value is -4.92. The molecule has 5 rings (SSSR count). The molecule has 0 fully saturated rings. The SMILES string of the molecule is COC(=O)C[C@@H]1N=C(c2ccc(-c3ccc(OCC(=O)OC(=O)C(F)(F)F)c(F)c3)cc2)c2c(sc(C)c2C)-n2c(C)nnc21. The Morgan fingerprint density at radius 2 is 1.62 bits per heavy atom. The lowest BCUT2D eigenvalue weighted by atomic mass is 9.97. The molecule has 0 saturated heterocycles. The fourth-order valence-electron chi connectivity index (χ4n) is 4.71. The molecule has 0 radical (unpaired) electrons. The number of ether oxygens (including phenoxy) is 3. The Morgan fingerprint density at radius 3 is 2.27 bits per heavy atom. The van der Waals surface area contributed by atoms with Crippen molar-refractivity contribution in [2.45, 2.75) is 39.4 Å². The molecule has 234 valence electrons. The fraction of sp³-hybridized carbons (Fsp3) is 0.267. The topological polar surface area (TPSA) is 122 Å². The quantitative estimate of drug-likeness (QED) is 0.146. The van der Waals surface area contributed by atoms with Crippen LogP contribution in [0.4, 0.5) is 17.6 Å². The molecule has 0 amide bonds. The van der Waals surface area contributed by atoms with Crippen LogP contribution in [0.2, 0.25) is 0 Å². The molecule has 2 aromatic heterocycles. The first-order chi connectivity index (χ1) is 21.3. The van der Waals surface area contributed by atoms with Gasteiger partial charge in [-0.3, -0.25) is 14.4 Å². The minimum Gasteiger partial charge on any atom is -0.479 e. The summed E-state index contributed by atoms with van der Waals surface area (Å²) in [6.45, 7) is 4.72. The Labute approximate surface area is 257 Å². The van der Waals surface area contributed by atoms with E-state index in [0.29, 0.717) is 28.5 Å². The summed E-state index contributed by atoms with van der Waals surface area (Å²) in [5, 5.41) is 9.45. The van der Waals surface area contributed by atoms with Gasteiger partial charge in [0.2, 0.25) is 0 Å². The van der Waals surface area contributed by atoms with Gasteiger partial charge in [-0.25, -0.2) is 14.0 Å². The molecule has 45 heavy (non-hydrogen) atoms. The Kier molecular flexibility index (Phi) is 8.56. The first-order valence-corrected chi connectivity index (χ1v) is 14.1. The van der Waals surface area contributed by atoms with Crippen LogP contribution in [-0.2, 0) is 23.9 Å². The zero-order valence-electron chi connectivity index (χ0n) is 24.2. The number of rotatable bonds is 7. The number of nitrogens with zero attached hydrogens (tertiary/aromatic N) is 4. The second-order valence-corrected chi connectivity index (χ2v) is 11.2. The van der Waals surface area contributed by atoms with Gasteiger partial charge in [-0.15, -0.1) is 21.5 Å². The largest absolute Gasteiger partial charge is 0.491 e. The van der Waals surface area contributed by atoms with Gasteiger partial charge in [-0.05, 0) is 49.6 Å². The smallest absolute Gasteiger partial charge is 0.479 e. The van der Waals surface area contributed by atoms with Crippen LogP contribution in [0.3, 0.4) is 0 Å². The van der Waals surface area contributed by atoms with Crippen molar-refractivity contribution in [1.82, 2.24) is 14.8 Å². The molecule has 15 heteroatoms. The van der Waals surface area contributed by atoms with Crippen molar-refractivity contribution in [3.63, 3.8) is 0 Å². The van der Waals surface area contributed by atoms with Crippen LogP contribution in [0.15, 0.2) is 47.5 Å². The number of halogens is 4. The number of carbonyl (C=O) groups is 3. The zero-order chi connectivity index (χ0) is 32.6. The summed E-state index contributed by atoms with van der Waals surface area (Å²) in [6, 6.07) is 10.3. The monoisotopic (exact) mass is 644 g/mol. The van der Waals surface area contributed by atoms with E-state index in [1.54, 1.807) is 23.5 Å². The number of esters is 3. The van der Waals surface area contributed by atoms with E-state index < -0.39 is 48.3 Å². The number of carbonyl (C=O) groups excluding carboxylic acids is 3. The highest BCUT2D eigenvalue weighted by Gasteiger charge is 2.42. The van der Waals surface area contributed by atoms with E-state index >= 15 is 0 Å². The standard InChI is InChI=1S/C30H24F4N4O6S/c1-14-15(2)45-28-25(14)26(35-21(12-23(39)42-4)27-37-36-16(3)38(27)28)18-7-5-17(6-8-18)19-9-10-22(20(31)11-19)43-13-24(40)44-29(41)30(32,33)34/h5-11,21H,12-13H2,1-4H3/t21-/m0/s1. The molecule has 0 aliphatic carbocycles. The van der Waals surface area contributed by atoms with Crippen LogP contribution >= 0.6 is 11.3 Å². The van der Waals surface area contributed by atoms with E-state index in [1.165, 1.54) is 19.2 Å². The Bertz CT molecular complexity index is 1850. The second kappa shape index (κ2) is 12.2. The molecule has 4 aromatic rings. The average Bonchev–Trinajstić information content (AvgIpc) is 3.47. The molecule has 0 unspecified atom stereocenters. The maximum absolute atomic E-state index is 14.8. The fourth-order valence-corrected chi connectivity index (χ4v) is 5.93. The number of aromatic nitrogens is 3. The lowest BCUT2D eigenvalue weighted by Crippen LogP contribution is -2.30. The van der Waals surface area contributed by atoms with E-state index in [0.717, 1.165) is 32.6 Å². The minimum atomic E-state index is -5.35. The summed E-state index contributed by atoms with van der Waals surface area (Å²) in [5.74, 6) is -4.92. The highest BCUT2D eigenvalue weighted by Crippen LogP contribution is 2.40. The maximum Gasteiger partial charge on any atom is 0.491 e. The van der Waals surface area contributed by atoms with Gasteiger partial charge in [0.05, 0.1) is 19.2 Å². The number of fused-ring (bicyclic) bond motifs is 3. The normalized spacial score (nSPS) is 14.1. The molecule has 0 saturated carbocycles. The molecule has 1 aliphatic rings. The third kappa shape index (κ3) is 6.34. The second-order valence-electron chi connectivity index (χ2n) is 9.95. The van der Waals surface area contributed by atoms with Crippen LogP contribution in [0.1, 0.15) is 45.7 Å². The molecule has 3 heterocycles. The molecular weight excluding hydrogens is 620 g/mol. The van der Waals surface area contributed by atoms with Crippen molar-refractivity contribution in [2.24, 2.45) is 4.99 Å². The first-order valence-electron chi connectivity index (χ1n) is 13.3. The lowest BCUT2D eigenvalue weighted by Gasteiger charge is -2.12. The van der Waals surface area contributed by atoms with Crippen LogP contribution in [-0.4, -0.2) is 58.3 Å². The van der Waals surface area contributed by atoms with Gasteiger partial charge in [-0.2, -0.15) is 13.2 Å². The van der Waals surface area contributed by atoms with Crippen LogP contribution in [0, 0.1) is 26.6 Å². The van der Waals surface area contributed by atoms with Gasteiger partial charge in [0.1, 0.15) is 16.9 Å². The zero-order valence-corrected chi connectivity index (χ0v) is 25.0. The number of aryl methyl sites for hydroxylation is 2. The van der Waals surface area contributed by atoms with E-state index in [4.69, 9.17) is 14.5 Å².